The maximum absolute atomic E-state index is 9.50. The monoisotopic (exact) mass is 323 g/mol. The van der Waals surface area contributed by atoms with E-state index in [1.807, 2.05) is 31.2 Å². The lowest BCUT2D eigenvalue weighted by atomic mass is 10.1. The Morgan fingerprint density at radius 2 is 1.96 bits per heavy atom. The first-order chi connectivity index (χ1) is 11.6. The summed E-state index contributed by atoms with van der Waals surface area (Å²) in [5.41, 5.74) is 6.06. The third kappa shape index (κ3) is 3.08. The van der Waals surface area contributed by atoms with E-state index in [0.717, 1.165) is 22.3 Å². The molecule has 3 N–H and O–H groups in total. The Kier molecular flexibility index (Phi) is 4.20. The van der Waals surface area contributed by atoms with Crippen LogP contribution in [0.5, 0.6) is 17.2 Å². The summed E-state index contributed by atoms with van der Waals surface area (Å²) >= 11 is 0. The van der Waals surface area contributed by atoms with Gasteiger partial charge in [-0.15, -0.1) is 0 Å². The van der Waals surface area contributed by atoms with Gasteiger partial charge >= 0.3 is 0 Å². The number of benzene rings is 2. The molecule has 0 fully saturated rings. The Morgan fingerprint density at radius 1 is 1.12 bits per heavy atom. The maximum atomic E-state index is 9.50. The van der Waals surface area contributed by atoms with Crippen LogP contribution in [-0.2, 0) is 0 Å². The standard InChI is InChI=1S/C18H17N3O3/c1-11-8-14(13-4-3-5-17(24-2)18(13)20-11)21-19-10-12-6-7-15(22)16(23)9-12/h3-10,22-23H,1-2H3,(H,20,21)/b19-10+. The van der Waals surface area contributed by atoms with Crippen LogP contribution in [0.4, 0.5) is 5.69 Å². The van der Waals surface area contributed by atoms with Crippen LogP contribution >= 0.6 is 0 Å². The van der Waals surface area contributed by atoms with E-state index in [-0.39, 0.29) is 11.5 Å². The third-order valence-electron chi connectivity index (χ3n) is 3.55. The molecule has 0 radical (unpaired) electrons. The van der Waals surface area contributed by atoms with Crippen molar-refractivity contribution in [1.82, 2.24) is 4.98 Å². The zero-order valence-corrected chi connectivity index (χ0v) is 13.3. The van der Waals surface area contributed by atoms with Gasteiger partial charge in [-0.05, 0) is 42.8 Å². The fraction of sp³-hybridized carbons (Fsp3) is 0.111. The zero-order valence-electron chi connectivity index (χ0n) is 13.3. The van der Waals surface area contributed by atoms with Gasteiger partial charge < -0.3 is 14.9 Å². The van der Waals surface area contributed by atoms with Crippen LogP contribution in [0.2, 0.25) is 0 Å². The molecule has 0 aliphatic rings. The highest BCUT2D eigenvalue weighted by atomic mass is 16.5. The quantitative estimate of drug-likeness (QED) is 0.389. The molecule has 0 aliphatic heterocycles. The molecule has 24 heavy (non-hydrogen) atoms. The van der Waals surface area contributed by atoms with Gasteiger partial charge in [-0.25, -0.2) is 4.98 Å². The summed E-state index contributed by atoms with van der Waals surface area (Å²) in [6, 6.07) is 12.1. The number of pyridine rings is 1. The molecular weight excluding hydrogens is 306 g/mol. The number of nitrogens with zero attached hydrogens (tertiary/aromatic N) is 2. The first-order valence-corrected chi connectivity index (χ1v) is 7.34. The Bertz CT molecular complexity index is 923. The third-order valence-corrected chi connectivity index (χ3v) is 3.55. The molecule has 1 heterocycles. The number of para-hydroxylation sites is 1. The molecule has 1 aromatic heterocycles. The average molecular weight is 323 g/mol. The number of hydrogen-bond donors (Lipinski definition) is 3. The SMILES string of the molecule is COc1cccc2c(N/N=C/c3ccc(O)c(O)c3)cc(C)nc12. The molecule has 3 aromatic rings. The number of aryl methyl sites for hydroxylation is 1. The summed E-state index contributed by atoms with van der Waals surface area (Å²) in [4.78, 5) is 4.52. The summed E-state index contributed by atoms with van der Waals surface area (Å²) in [6.45, 7) is 1.90. The van der Waals surface area contributed by atoms with Crippen molar-refractivity contribution in [3.63, 3.8) is 0 Å². The van der Waals surface area contributed by atoms with E-state index in [4.69, 9.17) is 4.74 Å². The van der Waals surface area contributed by atoms with Gasteiger partial charge in [0.05, 0.1) is 19.0 Å². The number of hydrazone groups is 1. The average Bonchev–Trinajstić information content (AvgIpc) is 2.57. The number of ether oxygens (including phenoxy) is 1. The van der Waals surface area contributed by atoms with E-state index in [0.29, 0.717) is 11.3 Å². The minimum Gasteiger partial charge on any atom is -0.504 e. The minimum absolute atomic E-state index is 0.164. The number of aromatic hydroxyl groups is 2. The van der Waals surface area contributed by atoms with Gasteiger partial charge in [-0.3, -0.25) is 5.43 Å². The first-order valence-electron chi connectivity index (χ1n) is 7.34. The highest BCUT2D eigenvalue weighted by molar-refractivity contribution is 5.95. The van der Waals surface area contributed by atoms with Crippen molar-refractivity contribution in [3.8, 4) is 17.2 Å². The topological polar surface area (TPSA) is 87.0 Å². The van der Waals surface area contributed by atoms with Crippen molar-refractivity contribution in [2.24, 2.45) is 5.10 Å². The number of anilines is 1. The molecule has 0 spiro atoms. The van der Waals surface area contributed by atoms with Gasteiger partial charge in [0.25, 0.3) is 0 Å². The molecule has 0 amide bonds. The van der Waals surface area contributed by atoms with Crippen molar-refractivity contribution >= 4 is 22.8 Å². The number of phenols is 2. The zero-order chi connectivity index (χ0) is 17.1. The summed E-state index contributed by atoms with van der Waals surface area (Å²) < 4.78 is 5.36. The van der Waals surface area contributed by atoms with Crippen molar-refractivity contribution in [3.05, 3.63) is 53.7 Å². The van der Waals surface area contributed by atoms with Crippen molar-refractivity contribution < 1.29 is 14.9 Å². The number of fused-ring (bicyclic) bond motifs is 1. The van der Waals surface area contributed by atoms with E-state index in [1.54, 1.807) is 19.4 Å². The molecule has 122 valence electrons. The molecule has 0 bridgehead atoms. The molecule has 0 aliphatic carbocycles. The Labute approximate surface area is 139 Å². The molecule has 0 unspecified atom stereocenters. The van der Waals surface area contributed by atoms with Crippen LogP contribution in [0.15, 0.2) is 47.6 Å². The lowest BCUT2D eigenvalue weighted by Crippen LogP contribution is -1.96. The Hall–Kier alpha value is -3.28. The summed E-state index contributed by atoms with van der Waals surface area (Å²) in [5, 5.41) is 23.9. The fourth-order valence-electron chi connectivity index (χ4n) is 2.40. The predicted octanol–water partition coefficient (Wildman–Crippen LogP) is 3.41. The lowest BCUT2D eigenvalue weighted by molar-refractivity contribution is 0.403. The maximum Gasteiger partial charge on any atom is 0.158 e. The largest absolute Gasteiger partial charge is 0.504 e. The predicted molar refractivity (Wildman–Crippen MR) is 94.0 cm³/mol. The number of aromatic nitrogens is 1. The van der Waals surface area contributed by atoms with Crippen LogP contribution in [0.3, 0.4) is 0 Å². The number of methoxy groups -OCH3 is 1. The molecule has 6 heteroatoms. The normalized spacial score (nSPS) is 11.1. The van der Waals surface area contributed by atoms with Gasteiger partial charge in [0, 0.05) is 11.1 Å². The van der Waals surface area contributed by atoms with Crippen LogP contribution in [0.25, 0.3) is 10.9 Å². The molecule has 0 saturated heterocycles. The first kappa shape index (κ1) is 15.6. The minimum atomic E-state index is -0.186. The van der Waals surface area contributed by atoms with Gasteiger partial charge in [-0.1, -0.05) is 12.1 Å². The Balaban J connectivity index is 1.92. The van der Waals surface area contributed by atoms with Gasteiger partial charge in [-0.2, -0.15) is 5.10 Å². The van der Waals surface area contributed by atoms with E-state index >= 15 is 0 Å². The number of nitrogens with one attached hydrogen (secondary N) is 1. The van der Waals surface area contributed by atoms with E-state index < -0.39 is 0 Å². The highest BCUT2D eigenvalue weighted by Crippen LogP contribution is 2.30. The number of phenolic OH excluding ortho intramolecular Hbond substituents is 2. The van der Waals surface area contributed by atoms with Crippen molar-refractivity contribution in [2.75, 3.05) is 12.5 Å². The number of hydrogen-bond acceptors (Lipinski definition) is 6. The van der Waals surface area contributed by atoms with E-state index in [9.17, 15) is 10.2 Å². The second-order valence-electron chi connectivity index (χ2n) is 5.29. The molecular formula is C18H17N3O3. The van der Waals surface area contributed by atoms with Crippen LogP contribution in [0, 0.1) is 6.92 Å². The van der Waals surface area contributed by atoms with E-state index in [2.05, 4.69) is 15.5 Å². The lowest BCUT2D eigenvalue weighted by Gasteiger charge is -2.10. The smallest absolute Gasteiger partial charge is 0.158 e. The van der Waals surface area contributed by atoms with Crippen molar-refractivity contribution in [2.45, 2.75) is 6.92 Å². The molecule has 0 atom stereocenters. The highest BCUT2D eigenvalue weighted by Gasteiger charge is 2.08. The molecule has 2 aromatic carbocycles. The van der Waals surface area contributed by atoms with Gasteiger partial charge in [0.15, 0.2) is 11.5 Å². The second kappa shape index (κ2) is 6.45. The fourth-order valence-corrected chi connectivity index (χ4v) is 2.40. The van der Waals surface area contributed by atoms with E-state index in [1.165, 1.54) is 12.1 Å². The summed E-state index contributed by atoms with van der Waals surface area (Å²) in [7, 11) is 1.61. The van der Waals surface area contributed by atoms with Gasteiger partial charge in [0.2, 0.25) is 0 Å². The molecule has 0 saturated carbocycles. The number of rotatable bonds is 4. The summed E-state index contributed by atoms with van der Waals surface area (Å²) in [6.07, 6.45) is 1.56. The molecule has 3 rings (SSSR count). The second-order valence-corrected chi connectivity index (χ2v) is 5.29. The van der Waals surface area contributed by atoms with Gasteiger partial charge in [0.1, 0.15) is 11.3 Å². The van der Waals surface area contributed by atoms with Crippen LogP contribution in [0.1, 0.15) is 11.3 Å². The Morgan fingerprint density at radius 3 is 2.71 bits per heavy atom. The van der Waals surface area contributed by atoms with Crippen LogP contribution < -0.4 is 10.2 Å². The summed E-state index contributed by atoms with van der Waals surface area (Å²) in [5.74, 6) is 0.350. The van der Waals surface area contributed by atoms with Crippen LogP contribution in [-0.4, -0.2) is 28.5 Å². The molecule has 6 nitrogen and oxygen atoms in total. The van der Waals surface area contributed by atoms with Crippen molar-refractivity contribution in [1.29, 1.82) is 0 Å².